The van der Waals surface area contributed by atoms with Crippen molar-refractivity contribution in [3.05, 3.63) is 90.1 Å². The molecular formula is C22H19N. The standard InChI is InChI=1S/C22H19N/c1-16-7-3-4-8-20(16)18-11-13-19(14-12-18)23-15-17(2)21-9-5-6-10-22(21)23/h3-15H,1-2H3. The molecule has 0 atom stereocenters. The Morgan fingerprint density at radius 2 is 1.35 bits per heavy atom. The second-order valence-corrected chi connectivity index (χ2v) is 6.06. The summed E-state index contributed by atoms with van der Waals surface area (Å²) in [4.78, 5) is 0. The molecule has 1 heteroatoms. The fourth-order valence-corrected chi connectivity index (χ4v) is 3.26. The van der Waals surface area contributed by atoms with E-state index >= 15 is 0 Å². The van der Waals surface area contributed by atoms with Crippen molar-refractivity contribution >= 4 is 10.9 Å². The molecule has 0 fully saturated rings. The third kappa shape index (κ3) is 2.35. The van der Waals surface area contributed by atoms with Crippen molar-refractivity contribution in [2.45, 2.75) is 13.8 Å². The van der Waals surface area contributed by atoms with E-state index in [1.54, 1.807) is 0 Å². The van der Waals surface area contributed by atoms with Crippen LogP contribution in [0.2, 0.25) is 0 Å². The third-order valence-electron chi connectivity index (χ3n) is 4.51. The molecule has 0 aliphatic heterocycles. The maximum atomic E-state index is 2.27. The Hall–Kier alpha value is -2.80. The summed E-state index contributed by atoms with van der Waals surface area (Å²) in [6, 6.07) is 25.9. The summed E-state index contributed by atoms with van der Waals surface area (Å²) in [5, 5.41) is 1.32. The molecule has 0 aliphatic carbocycles. The summed E-state index contributed by atoms with van der Waals surface area (Å²) >= 11 is 0. The van der Waals surface area contributed by atoms with E-state index < -0.39 is 0 Å². The van der Waals surface area contributed by atoms with Gasteiger partial charge in [-0.3, -0.25) is 0 Å². The van der Waals surface area contributed by atoms with Crippen LogP contribution in [-0.4, -0.2) is 4.57 Å². The highest BCUT2D eigenvalue weighted by Crippen LogP contribution is 2.27. The zero-order chi connectivity index (χ0) is 15.8. The number of rotatable bonds is 2. The van der Waals surface area contributed by atoms with Crippen molar-refractivity contribution in [1.29, 1.82) is 0 Å². The van der Waals surface area contributed by atoms with Gasteiger partial charge in [-0.15, -0.1) is 0 Å². The molecule has 0 radical (unpaired) electrons. The fourth-order valence-electron chi connectivity index (χ4n) is 3.26. The molecule has 0 bridgehead atoms. The van der Waals surface area contributed by atoms with E-state index in [-0.39, 0.29) is 0 Å². The monoisotopic (exact) mass is 297 g/mol. The highest BCUT2D eigenvalue weighted by molar-refractivity contribution is 5.85. The van der Waals surface area contributed by atoms with Gasteiger partial charge in [-0.1, -0.05) is 54.6 Å². The Kier molecular flexibility index (Phi) is 3.27. The van der Waals surface area contributed by atoms with Crippen molar-refractivity contribution in [2.24, 2.45) is 0 Å². The van der Waals surface area contributed by atoms with Gasteiger partial charge in [-0.05, 0) is 54.3 Å². The maximum Gasteiger partial charge on any atom is 0.0531 e. The molecule has 0 amide bonds. The van der Waals surface area contributed by atoms with Crippen LogP contribution in [0.5, 0.6) is 0 Å². The number of nitrogens with zero attached hydrogens (tertiary/aromatic N) is 1. The third-order valence-corrected chi connectivity index (χ3v) is 4.51. The first-order valence-electron chi connectivity index (χ1n) is 7.97. The molecule has 0 saturated heterocycles. The van der Waals surface area contributed by atoms with Crippen LogP contribution in [0.15, 0.2) is 79.0 Å². The summed E-state index contributed by atoms with van der Waals surface area (Å²) < 4.78 is 2.27. The predicted molar refractivity (Wildman–Crippen MR) is 98.2 cm³/mol. The molecule has 1 nitrogen and oxygen atoms in total. The van der Waals surface area contributed by atoms with Crippen LogP contribution < -0.4 is 0 Å². The number of para-hydroxylation sites is 1. The summed E-state index contributed by atoms with van der Waals surface area (Å²) in [7, 11) is 0. The summed E-state index contributed by atoms with van der Waals surface area (Å²) in [6.07, 6.45) is 2.22. The lowest BCUT2D eigenvalue weighted by Gasteiger charge is -2.09. The predicted octanol–water partition coefficient (Wildman–Crippen LogP) is 5.91. The van der Waals surface area contributed by atoms with E-state index in [2.05, 4.69) is 97.4 Å². The molecule has 0 unspecified atom stereocenters. The Bertz CT molecular complexity index is 974. The Morgan fingerprint density at radius 1 is 0.652 bits per heavy atom. The minimum absolute atomic E-state index is 1.20. The van der Waals surface area contributed by atoms with Crippen LogP contribution in [-0.2, 0) is 0 Å². The molecular weight excluding hydrogens is 278 g/mol. The first-order valence-corrected chi connectivity index (χ1v) is 7.97. The SMILES string of the molecule is Cc1ccccc1-c1ccc(-n2cc(C)c3ccccc32)cc1. The second kappa shape index (κ2) is 5.44. The highest BCUT2D eigenvalue weighted by Gasteiger charge is 2.07. The van der Waals surface area contributed by atoms with E-state index in [9.17, 15) is 0 Å². The van der Waals surface area contributed by atoms with Gasteiger partial charge < -0.3 is 4.57 Å². The van der Waals surface area contributed by atoms with E-state index in [0.717, 1.165) is 0 Å². The summed E-state index contributed by atoms with van der Waals surface area (Å²) in [5.74, 6) is 0. The van der Waals surface area contributed by atoms with Crippen LogP contribution >= 0.6 is 0 Å². The van der Waals surface area contributed by atoms with Gasteiger partial charge in [0.2, 0.25) is 0 Å². The number of aryl methyl sites for hydroxylation is 2. The molecule has 23 heavy (non-hydrogen) atoms. The van der Waals surface area contributed by atoms with Crippen LogP contribution in [0.25, 0.3) is 27.7 Å². The molecule has 112 valence electrons. The smallest absolute Gasteiger partial charge is 0.0531 e. The van der Waals surface area contributed by atoms with Crippen molar-refractivity contribution in [2.75, 3.05) is 0 Å². The van der Waals surface area contributed by atoms with Crippen molar-refractivity contribution in [3.63, 3.8) is 0 Å². The van der Waals surface area contributed by atoms with Gasteiger partial charge in [0, 0.05) is 17.3 Å². The number of benzene rings is 3. The first kappa shape index (κ1) is 13.8. The quantitative estimate of drug-likeness (QED) is 0.433. The molecule has 0 spiro atoms. The lowest BCUT2D eigenvalue weighted by molar-refractivity contribution is 1.12. The van der Waals surface area contributed by atoms with Gasteiger partial charge in [0.25, 0.3) is 0 Å². The van der Waals surface area contributed by atoms with Crippen molar-refractivity contribution < 1.29 is 0 Å². The van der Waals surface area contributed by atoms with Gasteiger partial charge in [0.05, 0.1) is 5.52 Å². The van der Waals surface area contributed by atoms with E-state index in [1.165, 1.54) is 38.8 Å². The Labute approximate surface area is 136 Å². The van der Waals surface area contributed by atoms with Crippen LogP contribution in [0.1, 0.15) is 11.1 Å². The lowest BCUT2D eigenvalue weighted by Crippen LogP contribution is -1.92. The Balaban J connectivity index is 1.80. The minimum atomic E-state index is 1.20. The zero-order valence-corrected chi connectivity index (χ0v) is 13.5. The average Bonchev–Trinajstić information content (AvgIpc) is 2.93. The van der Waals surface area contributed by atoms with Crippen LogP contribution in [0.3, 0.4) is 0 Å². The molecule has 0 aliphatic rings. The molecule has 0 N–H and O–H groups in total. The maximum absolute atomic E-state index is 2.27. The van der Waals surface area contributed by atoms with Crippen molar-refractivity contribution in [3.8, 4) is 16.8 Å². The molecule has 4 aromatic rings. The molecule has 0 saturated carbocycles. The van der Waals surface area contributed by atoms with E-state index in [1.807, 2.05) is 0 Å². The molecule has 1 aromatic heterocycles. The molecule has 4 rings (SSSR count). The van der Waals surface area contributed by atoms with Crippen LogP contribution in [0, 0.1) is 13.8 Å². The Morgan fingerprint density at radius 3 is 2.13 bits per heavy atom. The number of hydrogen-bond acceptors (Lipinski definition) is 0. The van der Waals surface area contributed by atoms with E-state index in [4.69, 9.17) is 0 Å². The lowest BCUT2D eigenvalue weighted by atomic mass is 10.0. The average molecular weight is 297 g/mol. The topological polar surface area (TPSA) is 4.93 Å². The van der Waals surface area contributed by atoms with Crippen molar-refractivity contribution in [1.82, 2.24) is 4.57 Å². The van der Waals surface area contributed by atoms with Gasteiger partial charge in [-0.25, -0.2) is 0 Å². The summed E-state index contributed by atoms with van der Waals surface area (Å²) in [6.45, 7) is 4.33. The minimum Gasteiger partial charge on any atom is -0.316 e. The van der Waals surface area contributed by atoms with Gasteiger partial charge >= 0.3 is 0 Å². The van der Waals surface area contributed by atoms with Crippen LogP contribution in [0.4, 0.5) is 0 Å². The molecule has 3 aromatic carbocycles. The normalized spacial score (nSPS) is 11.0. The van der Waals surface area contributed by atoms with E-state index in [0.29, 0.717) is 0 Å². The first-order chi connectivity index (χ1) is 11.2. The second-order valence-electron chi connectivity index (χ2n) is 6.06. The molecule has 1 heterocycles. The number of aromatic nitrogens is 1. The number of fused-ring (bicyclic) bond motifs is 1. The highest BCUT2D eigenvalue weighted by atomic mass is 15.0. The fraction of sp³-hybridized carbons (Fsp3) is 0.0909. The van der Waals surface area contributed by atoms with Gasteiger partial charge in [0.15, 0.2) is 0 Å². The van der Waals surface area contributed by atoms with Gasteiger partial charge in [-0.2, -0.15) is 0 Å². The number of hydrogen-bond donors (Lipinski definition) is 0. The van der Waals surface area contributed by atoms with Gasteiger partial charge in [0.1, 0.15) is 0 Å². The summed E-state index contributed by atoms with van der Waals surface area (Å²) in [5.41, 5.74) is 7.64. The largest absolute Gasteiger partial charge is 0.316 e. The zero-order valence-electron chi connectivity index (χ0n) is 13.5.